The Morgan fingerprint density at radius 3 is 2.08 bits per heavy atom. The fourth-order valence-corrected chi connectivity index (χ4v) is 5.03. The summed E-state index contributed by atoms with van der Waals surface area (Å²) in [5.41, 5.74) is 2.58. The van der Waals surface area contributed by atoms with Crippen molar-refractivity contribution in [2.24, 2.45) is 5.92 Å². The summed E-state index contributed by atoms with van der Waals surface area (Å²) < 4.78 is 38.1. The van der Waals surface area contributed by atoms with Gasteiger partial charge in [0.25, 0.3) is 0 Å². The Hall–Kier alpha value is -3.25. The zero-order valence-corrected chi connectivity index (χ0v) is 20.7. The number of carbonyl (C=O) groups excluding carboxylic acids is 1. The number of esters is 1. The molecular formula is C30H33F2NO3. The molecule has 190 valence electrons. The highest BCUT2D eigenvalue weighted by Gasteiger charge is 2.29. The number of hydrogen-bond acceptors (Lipinski definition) is 4. The van der Waals surface area contributed by atoms with Gasteiger partial charge in [0.1, 0.15) is 22.9 Å². The zero-order chi connectivity index (χ0) is 25.3. The number of carbonyl (C=O) groups is 1. The van der Waals surface area contributed by atoms with Gasteiger partial charge >= 0.3 is 5.97 Å². The second-order valence-electron chi connectivity index (χ2n) is 9.18. The molecule has 4 rings (SSSR count). The Labute approximate surface area is 211 Å². The summed E-state index contributed by atoms with van der Waals surface area (Å²) in [6.07, 6.45) is 2.86. The van der Waals surface area contributed by atoms with Crippen LogP contribution in [0.3, 0.4) is 0 Å². The Bertz CT molecular complexity index is 1060. The maximum atomic E-state index is 13.6. The third-order valence-corrected chi connectivity index (χ3v) is 6.82. The molecule has 0 N–H and O–H groups in total. The van der Waals surface area contributed by atoms with E-state index < -0.39 is 0 Å². The van der Waals surface area contributed by atoms with Crippen molar-refractivity contribution < 1.29 is 23.0 Å². The summed E-state index contributed by atoms with van der Waals surface area (Å²) in [7, 11) is 0. The minimum atomic E-state index is -0.368. The molecule has 1 saturated heterocycles. The van der Waals surface area contributed by atoms with E-state index in [0.29, 0.717) is 30.4 Å². The number of ether oxygens (including phenoxy) is 2. The van der Waals surface area contributed by atoms with Gasteiger partial charge in [-0.1, -0.05) is 36.4 Å². The first kappa shape index (κ1) is 25.8. The number of likely N-dealkylation sites (tertiary alicyclic amines) is 1. The molecule has 3 aromatic rings. The van der Waals surface area contributed by atoms with Crippen LogP contribution in [0.1, 0.15) is 53.6 Å². The molecule has 0 aromatic heterocycles. The summed E-state index contributed by atoms with van der Waals surface area (Å²) in [5.74, 6) is 0.182. The number of nitrogens with zero attached hydrogens (tertiary/aromatic N) is 1. The van der Waals surface area contributed by atoms with Gasteiger partial charge in [-0.2, -0.15) is 0 Å². The normalized spacial score (nSPS) is 14.7. The van der Waals surface area contributed by atoms with E-state index in [9.17, 15) is 13.6 Å². The van der Waals surface area contributed by atoms with E-state index in [0.717, 1.165) is 50.0 Å². The van der Waals surface area contributed by atoms with Gasteiger partial charge in [0, 0.05) is 12.5 Å². The minimum absolute atomic E-state index is 0.107. The Kier molecular flexibility index (Phi) is 9.06. The van der Waals surface area contributed by atoms with E-state index in [1.807, 2.05) is 30.3 Å². The molecule has 0 unspecified atom stereocenters. The summed E-state index contributed by atoms with van der Waals surface area (Å²) in [6.45, 7) is 5.46. The van der Waals surface area contributed by atoms with E-state index in [2.05, 4.69) is 4.90 Å². The molecule has 0 bridgehead atoms. The van der Waals surface area contributed by atoms with Gasteiger partial charge in [-0.15, -0.1) is 0 Å². The van der Waals surface area contributed by atoms with Gasteiger partial charge in [-0.3, -0.25) is 0 Å². The number of rotatable bonds is 10. The summed E-state index contributed by atoms with van der Waals surface area (Å²) in [6, 6.07) is 20.6. The summed E-state index contributed by atoms with van der Waals surface area (Å²) in [5, 5.41) is 0. The fraction of sp³-hybridized carbons (Fsp3) is 0.367. The lowest BCUT2D eigenvalue weighted by Crippen LogP contribution is -2.37. The van der Waals surface area contributed by atoms with Crippen molar-refractivity contribution >= 4 is 5.97 Å². The maximum absolute atomic E-state index is 13.6. The predicted octanol–water partition coefficient (Wildman–Crippen LogP) is 6.45. The summed E-state index contributed by atoms with van der Waals surface area (Å²) in [4.78, 5) is 14.6. The first-order chi connectivity index (χ1) is 17.5. The molecule has 4 nitrogen and oxygen atoms in total. The molecule has 0 aliphatic carbocycles. The first-order valence-electron chi connectivity index (χ1n) is 12.7. The van der Waals surface area contributed by atoms with Crippen molar-refractivity contribution in [3.63, 3.8) is 0 Å². The lowest BCUT2D eigenvalue weighted by Gasteiger charge is -2.36. The first-order valence-corrected chi connectivity index (χ1v) is 12.7. The number of benzene rings is 3. The third-order valence-electron chi connectivity index (χ3n) is 6.82. The lowest BCUT2D eigenvalue weighted by molar-refractivity contribution is 0.0521. The highest BCUT2D eigenvalue weighted by atomic mass is 19.1. The summed E-state index contributed by atoms with van der Waals surface area (Å²) >= 11 is 0. The molecule has 1 heterocycles. The molecule has 0 amide bonds. The monoisotopic (exact) mass is 493 g/mol. The quantitative estimate of drug-likeness (QED) is 0.240. The number of para-hydroxylation sites is 1. The van der Waals surface area contributed by atoms with Crippen LogP contribution in [-0.4, -0.2) is 43.7 Å². The van der Waals surface area contributed by atoms with Crippen molar-refractivity contribution in [3.05, 3.63) is 101 Å². The predicted molar refractivity (Wildman–Crippen MR) is 136 cm³/mol. The molecule has 1 fully saturated rings. The zero-order valence-electron chi connectivity index (χ0n) is 20.7. The van der Waals surface area contributed by atoms with Crippen molar-refractivity contribution in [1.82, 2.24) is 4.90 Å². The van der Waals surface area contributed by atoms with E-state index in [-0.39, 0.29) is 23.5 Å². The van der Waals surface area contributed by atoms with Gasteiger partial charge in [0.05, 0.1) is 13.2 Å². The van der Waals surface area contributed by atoms with Crippen LogP contribution in [0.2, 0.25) is 0 Å². The fourth-order valence-electron chi connectivity index (χ4n) is 5.03. The van der Waals surface area contributed by atoms with Crippen LogP contribution in [0.5, 0.6) is 5.75 Å². The lowest BCUT2D eigenvalue weighted by atomic mass is 9.76. The van der Waals surface area contributed by atoms with Gasteiger partial charge in [-0.25, -0.2) is 13.6 Å². The second kappa shape index (κ2) is 12.6. The van der Waals surface area contributed by atoms with Crippen molar-refractivity contribution in [3.8, 4) is 5.75 Å². The minimum Gasteiger partial charge on any atom is -0.493 e. The van der Waals surface area contributed by atoms with Crippen LogP contribution in [-0.2, 0) is 4.74 Å². The molecule has 0 radical (unpaired) electrons. The highest BCUT2D eigenvalue weighted by molar-refractivity contribution is 5.92. The van der Waals surface area contributed by atoms with Crippen molar-refractivity contribution in [1.29, 1.82) is 0 Å². The largest absolute Gasteiger partial charge is 0.493 e. The average molecular weight is 494 g/mol. The Morgan fingerprint density at radius 1 is 0.917 bits per heavy atom. The van der Waals surface area contributed by atoms with Gasteiger partial charge in [-0.05, 0) is 92.7 Å². The second-order valence-corrected chi connectivity index (χ2v) is 9.18. The molecular weight excluding hydrogens is 460 g/mol. The van der Waals surface area contributed by atoms with Crippen LogP contribution in [0.15, 0.2) is 72.8 Å². The van der Waals surface area contributed by atoms with Gasteiger partial charge in [0.15, 0.2) is 0 Å². The maximum Gasteiger partial charge on any atom is 0.341 e. The molecule has 1 aliphatic heterocycles. The number of halogens is 2. The van der Waals surface area contributed by atoms with Crippen LogP contribution >= 0.6 is 0 Å². The van der Waals surface area contributed by atoms with Crippen molar-refractivity contribution in [2.45, 2.75) is 32.1 Å². The van der Waals surface area contributed by atoms with E-state index in [1.165, 1.54) is 24.3 Å². The standard InChI is InChI=1S/C30H33F2NO3/c1-2-35-30(34)27-6-3-4-7-28(27)36-21-5-18-33-19-16-24(17-20-33)29(22-8-12-25(31)13-9-22)23-10-14-26(32)15-11-23/h3-4,6-15,24,29H,2,5,16-21H2,1H3. The van der Waals surface area contributed by atoms with E-state index in [1.54, 1.807) is 25.1 Å². The number of piperidine rings is 1. The van der Waals surface area contributed by atoms with E-state index in [4.69, 9.17) is 9.47 Å². The van der Waals surface area contributed by atoms with Crippen molar-refractivity contribution in [2.75, 3.05) is 32.8 Å². The molecule has 1 aliphatic rings. The van der Waals surface area contributed by atoms with Crippen LogP contribution in [0.25, 0.3) is 0 Å². The SMILES string of the molecule is CCOC(=O)c1ccccc1OCCCN1CCC(C(c2ccc(F)cc2)c2ccc(F)cc2)CC1. The highest BCUT2D eigenvalue weighted by Crippen LogP contribution is 2.38. The van der Waals surface area contributed by atoms with Crippen LogP contribution in [0.4, 0.5) is 8.78 Å². The Balaban J connectivity index is 1.31. The van der Waals surface area contributed by atoms with Crippen LogP contribution < -0.4 is 4.74 Å². The topological polar surface area (TPSA) is 38.8 Å². The molecule has 36 heavy (non-hydrogen) atoms. The smallest absolute Gasteiger partial charge is 0.341 e. The number of hydrogen-bond donors (Lipinski definition) is 0. The average Bonchev–Trinajstić information content (AvgIpc) is 2.90. The Morgan fingerprint density at radius 2 is 1.50 bits per heavy atom. The van der Waals surface area contributed by atoms with Crippen LogP contribution in [0, 0.1) is 17.6 Å². The molecule has 0 saturated carbocycles. The molecule has 0 spiro atoms. The van der Waals surface area contributed by atoms with Gasteiger partial charge < -0.3 is 14.4 Å². The van der Waals surface area contributed by atoms with E-state index >= 15 is 0 Å². The third kappa shape index (κ3) is 6.70. The molecule has 0 atom stereocenters. The molecule has 6 heteroatoms. The van der Waals surface area contributed by atoms with Gasteiger partial charge in [0.2, 0.25) is 0 Å². The molecule has 3 aromatic carbocycles.